The summed E-state index contributed by atoms with van der Waals surface area (Å²) in [6.07, 6.45) is 5.52. The maximum absolute atomic E-state index is 12.2. The van der Waals surface area contributed by atoms with Gasteiger partial charge in [0.25, 0.3) is 0 Å². The van der Waals surface area contributed by atoms with Crippen molar-refractivity contribution >= 4 is 23.2 Å². The number of aromatic nitrogens is 3. The highest BCUT2D eigenvalue weighted by atomic mass is 16.2. The SMILES string of the molecule is Cc1ccc(NC(=O)Nc2cccc(-c3cn4cccnc4n3)c2)cc1. The minimum absolute atomic E-state index is 0.289. The first-order chi connectivity index (χ1) is 12.7. The molecule has 2 heterocycles. The zero-order valence-corrected chi connectivity index (χ0v) is 14.2. The number of aryl methyl sites for hydroxylation is 1. The normalized spacial score (nSPS) is 10.7. The molecule has 4 rings (SSSR count). The topological polar surface area (TPSA) is 71.3 Å². The molecule has 0 saturated carbocycles. The van der Waals surface area contributed by atoms with Gasteiger partial charge in [-0.2, -0.15) is 0 Å². The minimum atomic E-state index is -0.289. The lowest BCUT2D eigenvalue weighted by Crippen LogP contribution is -2.19. The Morgan fingerprint density at radius 3 is 2.62 bits per heavy atom. The highest BCUT2D eigenvalue weighted by Crippen LogP contribution is 2.22. The van der Waals surface area contributed by atoms with E-state index in [1.807, 2.05) is 78.3 Å². The number of urea groups is 1. The second kappa shape index (κ2) is 6.68. The van der Waals surface area contributed by atoms with Crippen molar-refractivity contribution in [1.82, 2.24) is 14.4 Å². The number of benzene rings is 2. The molecule has 0 aliphatic rings. The molecule has 0 bridgehead atoms. The van der Waals surface area contributed by atoms with Crippen LogP contribution in [0.3, 0.4) is 0 Å². The lowest BCUT2D eigenvalue weighted by molar-refractivity contribution is 0.262. The van der Waals surface area contributed by atoms with Crippen LogP contribution in [0.25, 0.3) is 17.0 Å². The molecule has 2 aromatic carbocycles. The van der Waals surface area contributed by atoms with Crippen molar-refractivity contribution in [3.05, 3.63) is 78.8 Å². The van der Waals surface area contributed by atoms with Gasteiger partial charge in [0.1, 0.15) is 0 Å². The summed E-state index contributed by atoms with van der Waals surface area (Å²) in [5, 5.41) is 5.67. The molecule has 6 heteroatoms. The van der Waals surface area contributed by atoms with Crippen LogP contribution in [0.1, 0.15) is 5.56 Å². The summed E-state index contributed by atoms with van der Waals surface area (Å²) in [7, 11) is 0. The van der Waals surface area contributed by atoms with Crippen molar-refractivity contribution in [2.24, 2.45) is 0 Å². The smallest absolute Gasteiger partial charge is 0.308 e. The van der Waals surface area contributed by atoms with Crippen LogP contribution in [0.4, 0.5) is 16.2 Å². The van der Waals surface area contributed by atoms with Crippen molar-refractivity contribution in [2.45, 2.75) is 6.92 Å². The van der Waals surface area contributed by atoms with Gasteiger partial charge in [0.05, 0.1) is 5.69 Å². The van der Waals surface area contributed by atoms with E-state index in [0.717, 1.165) is 22.5 Å². The van der Waals surface area contributed by atoms with Gasteiger partial charge in [0, 0.05) is 35.5 Å². The maximum atomic E-state index is 12.2. The number of hydrogen-bond donors (Lipinski definition) is 2. The van der Waals surface area contributed by atoms with Crippen LogP contribution in [0.15, 0.2) is 73.2 Å². The van der Waals surface area contributed by atoms with E-state index in [4.69, 9.17) is 0 Å². The van der Waals surface area contributed by atoms with Crippen LogP contribution in [0.2, 0.25) is 0 Å². The van der Waals surface area contributed by atoms with Crippen molar-refractivity contribution < 1.29 is 4.79 Å². The quantitative estimate of drug-likeness (QED) is 0.581. The van der Waals surface area contributed by atoms with Gasteiger partial charge < -0.3 is 10.6 Å². The monoisotopic (exact) mass is 343 g/mol. The Kier molecular flexibility index (Phi) is 4.07. The van der Waals surface area contributed by atoms with Gasteiger partial charge in [-0.15, -0.1) is 0 Å². The number of nitrogens with zero attached hydrogens (tertiary/aromatic N) is 3. The zero-order chi connectivity index (χ0) is 17.9. The highest BCUT2D eigenvalue weighted by molar-refractivity contribution is 6.00. The van der Waals surface area contributed by atoms with Gasteiger partial charge in [-0.25, -0.2) is 14.8 Å². The van der Waals surface area contributed by atoms with E-state index < -0.39 is 0 Å². The molecule has 6 nitrogen and oxygen atoms in total. The Labute approximate surface area is 150 Å². The fraction of sp³-hybridized carbons (Fsp3) is 0.0500. The summed E-state index contributed by atoms with van der Waals surface area (Å²) in [5.74, 6) is 0.637. The summed E-state index contributed by atoms with van der Waals surface area (Å²) >= 11 is 0. The predicted molar refractivity (Wildman–Crippen MR) is 102 cm³/mol. The first-order valence-corrected chi connectivity index (χ1v) is 8.22. The third-order valence-corrected chi connectivity index (χ3v) is 3.96. The number of imidazole rings is 1. The Bertz CT molecular complexity index is 1040. The molecule has 0 unspecified atom stereocenters. The minimum Gasteiger partial charge on any atom is -0.308 e. The molecule has 2 aromatic heterocycles. The molecule has 4 aromatic rings. The third-order valence-electron chi connectivity index (χ3n) is 3.96. The van der Waals surface area contributed by atoms with Crippen molar-refractivity contribution in [2.75, 3.05) is 10.6 Å². The Morgan fingerprint density at radius 1 is 1.00 bits per heavy atom. The number of hydrogen-bond acceptors (Lipinski definition) is 3. The van der Waals surface area contributed by atoms with Gasteiger partial charge in [-0.3, -0.25) is 4.40 Å². The van der Waals surface area contributed by atoms with Crippen molar-refractivity contribution in [3.8, 4) is 11.3 Å². The molecule has 128 valence electrons. The fourth-order valence-electron chi connectivity index (χ4n) is 2.66. The summed E-state index contributed by atoms with van der Waals surface area (Å²) in [5.41, 5.74) is 4.29. The fourth-order valence-corrected chi connectivity index (χ4v) is 2.66. The van der Waals surface area contributed by atoms with Crippen molar-refractivity contribution in [1.29, 1.82) is 0 Å². The highest BCUT2D eigenvalue weighted by Gasteiger charge is 2.07. The standard InChI is InChI=1S/C20H17N5O/c1-14-6-8-16(9-7-14)22-20(26)23-17-5-2-4-15(12-17)18-13-25-11-3-10-21-19(25)24-18/h2-13H,1H3,(H2,22,23,26). The van der Waals surface area contributed by atoms with E-state index in [2.05, 4.69) is 20.6 Å². The summed E-state index contributed by atoms with van der Waals surface area (Å²) < 4.78 is 1.86. The summed E-state index contributed by atoms with van der Waals surface area (Å²) in [6.45, 7) is 2.00. The van der Waals surface area contributed by atoms with Gasteiger partial charge in [0.2, 0.25) is 5.78 Å². The summed E-state index contributed by atoms with van der Waals surface area (Å²) in [4.78, 5) is 20.9. The number of anilines is 2. The first-order valence-electron chi connectivity index (χ1n) is 8.22. The second-order valence-corrected chi connectivity index (χ2v) is 5.98. The van der Waals surface area contributed by atoms with Crippen LogP contribution in [0.5, 0.6) is 0 Å². The number of nitrogens with one attached hydrogen (secondary N) is 2. The maximum Gasteiger partial charge on any atom is 0.323 e. The molecule has 0 fully saturated rings. The molecule has 0 aliphatic carbocycles. The zero-order valence-electron chi connectivity index (χ0n) is 14.2. The number of amides is 2. The van der Waals surface area contributed by atoms with Crippen LogP contribution < -0.4 is 10.6 Å². The van der Waals surface area contributed by atoms with Gasteiger partial charge >= 0.3 is 6.03 Å². The van der Waals surface area contributed by atoms with E-state index in [-0.39, 0.29) is 6.03 Å². The number of rotatable bonds is 3. The number of carbonyl (C=O) groups excluding carboxylic acids is 1. The number of fused-ring (bicyclic) bond motifs is 1. The lowest BCUT2D eigenvalue weighted by atomic mass is 10.1. The number of carbonyl (C=O) groups is 1. The molecular weight excluding hydrogens is 326 g/mol. The predicted octanol–water partition coefficient (Wildman–Crippen LogP) is 4.35. The van der Waals surface area contributed by atoms with Crippen LogP contribution in [-0.4, -0.2) is 20.4 Å². The molecule has 2 amide bonds. The molecular formula is C20H17N5O. The van der Waals surface area contributed by atoms with E-state index in [0.29, 0.717) is 11.5 Å². The molecule has 0 aliphatic heterocycles. The first kappa shape index (κ1) is 15.8. The van der Waals surface area contributed by atoms with Gasteiger partial charge in [0.15, 0.2) is 0 Å². The van der Waals surface area contributed by atoms with Gasteiger partial charge in [-0.05, 0) is 37.3 Å². The Morgan fingerprint density at radius 2 is 1.81 bits per heavy atom. The van der Waals surface area contributed by atoms with Crippen LogP contribution >= 0.6 is 0 Å². The van der Waals surface area contributed by atoms with Crippen molar-refractivity contribution in [3.63, 3.8) is 0 Å². The lowest BCUT2D eigenvalue weighted by Gasteiger charge is -2.08. The second-order valence-electron chi connectivity index (χ2n) is 5.98. The Hall–Kier alpha value is -3.67. The van der Waals surface area contributed by atoms with E-state index in [9.17, 15) is 4.79 Å². The average molecular weight is 343 g/mol. The Balaban J connectivity index is 1.51. The summed E-state index contributed by atoms with van der Waals surface area (Å²) in [6, 6.07) is 16.8. The van der Waals surface area contributed by atoms with E-state index in [1.165, 1.54) is 0 Å². The molecule has 0 saturated heterocycles. The molecule has 26 heavy (non-hydrogen) atoms. The largest absolute Gasteiger partial charge is 0.323 e. The molecule has 0 radical (unpaired) electrons. The van der Waals surface area contributed by atoms with Gasteiger partial charge in [-0.1, -0.05) is 29.8 Å². The molecule has 0 spiro atoms. The molecule has 0 atom stereocenters. The third kappa shape index (κ3) is 3.39. The molecule has 2 N–H and O–H groups in total. The van der Waals surface area contributed by atoms with Crippen LogP contribution in [-0.2, 0) is 0 Å². The van der Waals surface area contributed by atoms with E-state index in [1.54, 1.807) is 6.20 Å². The van der Waals surface area contributed by atoms with Crippen LogP contribution in [0, 0.1) is 6.92 Å². The van der Waals surface area contributed by atoms with E-state index >= 15 is 0 Å². The average Bonchev–Trinajstić information content (AvgIpc) is 3.08.